The Labute approximate surface area is 160 Å². The summed E-state index contributed by atoms with van der Waals surface area (Å²) >= 11 is 0. The highest BCUT2D eigenvalue weighted by atomic mass is 32.2. The average molecular weight is 415 g/mol. The van der Waals surface area contributed by atoms with Crippen LogP contribution in [-0.2, 0) is 20.2 Å². The Morgan fingerprint density at radius 3 is 1.38 bits per heavy atom. The van der Waals surface area contributed by atoms with Gasteiger partial charge in [-0.3, -0.25) is 9.11 Å². The molecule has 26 heavy (non-hydrogen) atoms. The molecule has 0 saturated heterocycles. The van der Waals surface area contributed by atoms with Gasteiger partial charge in [0.1, 0.15) is 4.75 Å². The monoisotopic (exact) mass is 414 g/mol. The standard InChI is InChI=1S/C18H38O6S2/c1-5-7-9-11-13-16(3)18(26(22,23)24,15-25(19,20)21)17(4)14-12-10-8-6-2/h16-17H,5-15H2,1-4H3,(H,19,20,21)(H,22,23,24). The van der Waals surface area contributed by atoms with Crippen LogP contribution in [0.3, 0.4) is 0 Å². The third-order valence-electron chi connectivity index (χ3n) is 5.54. The van der Waals surface area contributed by atoms with Crippen LogP contribution in [0.2, 0.25) is 0 Å². The molecule has 6 nitrogen and oxygen atoms in total. The maximum atomic E-state index is 12.4. The van der Waals surface area contributed by atoms with Crippen LogP contribution in [0.4, 0.5) is 0 Å². The van der Waals surface area contributed by atoms with Gasteiger partial charge in [-0.05, 0) is 24.7 Å². The highest BCUT2D eigenvalue weighted by molar-refractivity contribution is 7.90. The summed E-state index contributed by atoms with van der Waals surface area (Å²) in [6.45, 7) is 7.49. The van der Waals surface area contributed by atoms with Crippen LogP contribution in [0.15, 0.2) is 0 Å². The highest BCUT2D eigenvalue weighted by Gasteiger charge is 2.53. The van der Waals surface area contributed by atoms with Crippen LogP contribution in [0.25, 0.3) is 0 Å². The van der Waals surface area contributed by atoms with Gasteiger partial charge in [-0.1, -0.05) is 79.1 Å². The zero-order valence-corrected chi connectivity index (χ0v) is 18.4. The van der Waals surface area contributed by atoms with Crippen LogP contribution in [-0.4, -0.2) is 36.4 Å². The fraction of sp³-hybridized carbons (Fsp3) is 1.00. The molecule has 0 aromatic heterocycles. The molecule has 0 spiro atoms. The quantitative estimate of drug-likeness (QED) is 0.296. The molecule has 2 unspecified atom stereocenters. The number of unbranched alkanes of at least 4 members (excludes halogenated alkanes) is 6. The van der Waals surface area contributed by atoms with Crippen LogP contribution in [0.5, 0.6) is 0 Å². The first-order valence-corrected chi connectivity index (χ1v) is 12.9. The summed E-state index contributed by atoms with van der Waals surface area (Å²) in [5, 5.41) is 0. The molecule has 0 aliphatic heterocycles. The second-order valence-corrected chi connectivity index (χ2v) is 10.8. The van der Waals surface area contributed by atoms with E-state index in [9.17, 15) is 25.9 Å². The van der Waals surface area contributed by atoms with E-state index in [0.717, 1.165) is 51.4 Å². The largest absolute Gasteiger partial charge is 0.285 e. The molecule has 0 bridgehead atoms. The SMILES string of the molecule is CCCCCCC(C)C(CS(=O)(=O)O)(C(C)CCCCCC)S(=O)(=O)O. The topological polar surface area (TPSA) is 109 Å². The molecule has 0 saturated carbocycles. The van der Waals surface area contributed by atoms with Gasteiger partial charge in [0.2, 0.25) is 0 Å². The fourth-order valence-corrected chi connectivity index (χ4v) is 7.32. The lowest BCUT2D eigenvalue weighted by Crippen LogP contribution is -2.54. The van der Waals surface area contributed by atoms with Gasteiger partial charge in [0.05, 0.1) is 5.75 Å². The first-order chi connectivity index (χ1) is 11.9. The van der Waals surface area contributed by atoms with Gasteiger partial charge in [-0.15, -0.1) is 0 Å². The molecule has 0 radical (unpaired) electrons. The first-order valence-electron chi connectivity index (χ1n) is 9.84. The van der Waals surface area contributed by atoms with E-state index >= 15 is 0 Å². The zero-order valence-electron chi connectivity index (χ0n) is 16.8. The van der Waals surface area contributed by atoms with Gasteiger partial charge in [0.15, 0.2) is 0 Å². The van der Waals surface area contributed by atoms with E-state index in [1.807, 2.05) is 0 Å². The zero-order chi connectivity index (χ0) is 20.4. The predicted octanol–water partition coefficient (Wildman–Crippen LogP) is 4.71. The third-order valence-corrected chi connectivity index (χ3v) is 8.47. The van der Waals surface area contributed by atoms with Gasteiger partial charge in [0, 0.05) is 0 Å². The van der Waals surface area contributed by atoms with Crippen molar-refractivity contribution in [2.45, 2.75) is 96.7 Å². The van der Waals surface area contributed by atoms with Gasteiger partial charge in [-0.2, -0.15) is 16.8 Å². The Morgan fingerprint density at radius 2 is 1.12 bits per heavy atom. The molecular formula is C18H38O6S2. The Kier molecular flexibility index (Phi) is 11.5. The minimum atomic E-state index is -4.68. The molecule has 0 heterocycles. The van der Waals surface area contributed by atoms with Crippen LogP contribution < -0.4 is 0 Å². The van der Waals surface area contributed by atoms with Crippen molar-refractivity contribution in [2.75, 3.05) is 5.75 Å². The Hall–Kier alpha value is -0.180. The van der Waals surface area contributed by atoms with Crippen LogP contribution in [0.1, 0.15) is 91.9 Å². The molecular weight excluding hydrogens is 376 g/mol. The van der Waals surface area contributed by atoms with Crippen molar-refractivity contribution in [2.24, 2.45) is 11.8 Å². The van der Waals surface area contributed by atoms with E-state index in [2.05, 4.69) is 13.8 Å². The normalized spacial score (nSPS) is 17.6. The lowest BCUT2D eigenvalue weighted by atomic mass is 9.78. The van der Waals surface area contributed by atoms with Crippen LogP contribution >= 0.6 is 0 Å². The lowest BCUT2D eigenvalue weighted by Gasteiger charge is -2.40. The van der Waals surface area contributed by atoms with E-state index < -0.39 is 42.6 Å². The summed E-state index contributed by atoms with van der Waals surface area (Å²) in [6, 6.07) is 0. The molecule has 2 atom stereocenters. The summed E-state index contributed by atoms with van der Waals surface area (Å²) in [7, 11) is -9.25. The molecule has 0 aliphatic rings. The molecule has 0 aromatic rings. The second kappa shape index (κ2) is 11.6. The van der Waals surface area contributed by atoms with E-state index in [4.69, 9.17) is 0 Å². The summed E-state index contributed by atoms with van der Waals surface area (Å²) in [5.41, 5.74) is 0. The van der Waals surface area contributed by atoms with Crippen molar-refractivity contribution in [3.63, 3.8) is 0 Å². The Balaban J connectivity index is 5.62. The minimum Gasteiger partial charge on any atom is -0.285 e. The molecule has 0 amide bonds. The smallest absolute Gasteiger partial charge is 0.272 e. The summed E-state index contributed by atoms with van der Waals surface area (Å²) in [4.78, 5) is 0. The fourth-order valence-electron chi connectivity index (χ4n) is 3.88. The van der Waals surface area contributed by atoms with Crippen molar-refractivity contribution in [1.82, 2.24) is 0 Å². The molecule has 8 heteroatoms. The van der Waals surface area contributed by atoms with E-state index in [1.54, 1.807) is 13.8 Å². The minimum absolute atomic E-state index is 0.495. The van der Waals surface area contributed by atoms with Gasteiger partial charge >= 0.3 is 0 Å². The first kappa shape index (κ1) is 25.8. The molecule has 158 valence electrons. The van der Waals surface area contributed by atoms with Crippen molar-refractivity contribution in [3.05, 3.63) is 0 Å². The predicted molar refractivity (Wildman–Crippen MR) is 107 cm³/mol. The van der Waals surface area contributed by atoms with E-state index in [-0.39, 0.29) is 0 Å². The molecule has 0 fully saturated rings. The van der Waals surface area contributed by atoms with Gasteiger partial charge < -0.3 is 0 Å². The Bertz CT molecular complexity index is 565. The van der Waals surface area contributed by atoms with Gasteiger partial charge in [0.25, 0.3) is 20.2 Å². The maximum absolute atomic E-state index is 12.4. The molecule has 0 aliphatic carbocycles. The summed E-state index contributed by atoms with van der Waals surface area (Å²) < 4.78 is 65.6. The van der Waals surface area contributed by atoms with Crippen molar-refractivity contribution in [1.29, 1.82) is 0 Å². The molecule has 0 aromatic carbocycles. The van der Waals surface area contributed by atoms with Gasteiger partial charge in [-0.25, -0.2) is 0 Å². The molecule has 0 rings (SSSR count). The highest BCUT2D eigenvalue weighted by Crippen LogP contribution is 2.40. The van der Waals surface area contributed by atoms with Crippen LogP contribution in [0, 0.1) is 11.8 Å². The third kappa shape index (κ3) is 8.23. The number of hydrogen-bond acceptors (Lipinski definition) is 4. The second-order valence-electron chi connectivity index (χ2n) is 7.66. The maximum Gasteiger partial charge on any atom is 0.272 e. The van der Waals surface area contributed by atoms with Crippen molar-refractivity contribution >= 4 is 20.2 Å². The summed E-state index contributed by atoms with van der Waals surface area (Å²) in [5.74, 6) is -2.10. The van der Waals surface area contributed by atoms with Crippen molar-refractivity contribution in [3.8, 4) is 0 Å². The van der Waals surface area contributed by atoms with Crippen molar-refractivity contribution < 1.29 is 25.9 Å². The summed E-state index contributed by atoms with van der Waals surface area (Å²) in [6.07, 6.45) is 8.50. The number of rotatable bonds is 15. The lowest BCUT2D eigenvalue weighted by molar-refractivity contribution is 0.246. The molecule has 2 N–H and O–H groups in total. The number of hydrogen-bond donors (Lipinski definition) is 2. The van der Waals surface area contributed by atoms with E-state index in [1.165, 1.54) is 0 Å². The average Bonchev–Trinajstić information content (AvgIpc) is 2.50. The Morgan fingerprint density at radius 1 is 0.731 bits per heavy atom. The van der Waals surface area contributed by atoms with E-state index in [0.29, 0.717) is 12.8 Å².